The lowest BCUT2D eigenvalue weighted by Gasteiger charge is -2.20. The average Bonchev–Trinajstić information content (AvgIpc) is 2.69. The van der Waals surface area contributed by atoms with Crippen molar-refractivity contribution < 1.29 is 0 Å². The zero-order chi connectivity index (χ0) is 11.7. The molecular formula is C15H19NS. The molecule has 0 atom stereocenters. The first-order valence-electron chi connectivity index (χ1n) is 6.55. The maximum absolute atomic E-state index is 2.30. The Morgan fingerprint density at radius 1 is 1.12 bits per heavy atom. The quantitative estimate of drug-likeness (QED) is 0.748. The number of hydrogen-bond donors (Lipinski definition) is 0. The number of nitrogens with zero attached hydrogens (tertiary/aromatic N) is 1. The van der Waals surface area contributed by atoms with Gasteiger partial charge in [0.1, 0.15) is 0 Å². The summed E-state index contributed by atoms with van der Waals surface area (Å²) < 4.78 is 2.25. The molecule has 0 saturated heterocycles. The van der Waals surface area contributed by atoms with E-state index in [1.54, 1.807) is 0 Å². The second-order valence-corrected chi connectivity index (χ2v) is 6.34. The maximum atomic E-state index is 2.30. The van der Waals surface area contributed by atoms with Crippen LogP contribution in [0.25, 0.3) is 10.9 Å². The highest BCUT2D eigenvalue weighted by molar-refractivity contribution is 8.00. The molecule has 1 fully saturated rings. The van der Waals surface area contributed by atoms with Crippen LogP contribution in [-0.2, 0) is 7.05 Å². The zero-order valence-corrected chi connectivity index (χ0v) is 11.2. The number of aromatic nitrogens is 1. The molecule has 1 aliphatic carbocycles. The molecule has 1 aliphatic rings. The van der Waals surface area contributed by atoms with E-state index < -0.39 is 0 Å². The van der Waals surface area contributed by atoms with Gasteiger partial charge < -0.3 is 4.57 Å². The van der Waals surface area contributed by atoms with Crippen molar-refractivity contribution in [2.24, 2.45) is 7.05 Å². The van der Waals surface area contributed by atoms with Crippen molar-refractivity contribution in [3.05, 3.63) is 30.5 Å². The molecule has 17 heavy (non-hydrogen) atoms. The molecule has 2 aromatic rings. The lowest BCUT2D eigenvalue weighted by Crippen LogP contribution is -2.07. The average molecular weight is 245 g/mol. The highest BCUT2D eigenvalue weighted by atomic mass is 32.2. The fourth-order valence-corrected chi connectivity index (χ4v) is 4.21. The van der Waals surface area contributed by atoms with Crippen LogP contribution >= 0.6 is 11.8 Å². The van der Waals surface area contributed by atoms with E-state index in [4.69, 9.17) is 0 Å². The Labute approximate surface area is 107 Å². The van der Waals surface area contributed by atoms with Crippen molar-refractivity contribution in [1.29, 1.82) is 0 Å². The summed E-state index contributed by atoms with van der Waals surface area (Å²) in [5, 5.41) is 2.26. The Morgan fingerprint density at radius 2 is 1.88 bits per heavy atom. The molecule has 0 aliphatic heterocycles. The lowest BCUT2D eigenvalue weighted by molar-refractivity contribution is 0.516. The topological polar surface area (TPSA) is 4.93 Å². The third-order valence-corrected chi connectivity index (χ3v) is 5.09. The third kappa shape index (κ3) is 2.23. The molecule has 1 aromatic carbocycles. The van der Waals surface area contributed by atoms with Crippen LogP contribution in [0.3, 0.4) is 0 Å². The van der Waals surface area contributed by atoms with Gasteiger partial charge in [0, 0.05) is 34.3 Å². The first kappa shape index (κ1) is 11.2. The minimum atomic E-state index is 0.842. The molecule has 1 nitrogen and oxygen atoms in total. The summed E-state index contributed by atoms with van der Waals surface area (Å²) in [5.74, 6) is 0. The number of para-hydroxylation sites is 1. The molecular weight excluding hydrogens is 226 g/mol. The van der Waals surface area contributed by atoms with Crippen molar-refractivity contribution in [2.75, 3.05) is 0 Å². The van der Waals surface area contributed by atoms with Crippen LogP contribution in [-0.4, -0.2) is 9.82 Å². The van der Waals surface area contributed by atoms with Crippen LogP contribution in [0.15, 0.2) is 35.4 Å². The number of fused-ring (bicyclic) bond motifs is 1. The van der Waals surface area contributed by atoms with Gasteiger partial charge in [-0.25, -0.2) is 0 Å². The standard InChI is InChI=1S/C15H19NS/c1-16-11-15(13-9-5-6-10-14(13)16)17-12-7-3-2-4-8-12/h5-6,9-12H,2-4,7-8H2,1H3. The smallest absolute Gasteiger partial charge is 0.0489 e. The molecule has 90 valence electrons. The van der Waals surface area contributed by atoms with E-state index >= 15 is 0 Å². The van der Waals surface area contributed by atoms with Gasteiger partial charge in [0.2, 0.25) is 0 Å². The van der Waals surface area contributed by atoms with E-state index in [1.807, 2.05) is 0 Å². The molecule has 1 saturated carbocycles. The molecule has 0 unspecified atom stereocenters. The number of rotatable bonds is 2. The van der Waals surface area contributed by atoms with Crippen molar-refractivity contribution in [2.45, 2.75) is 42.2 Å². The SMILES string of the molecule is Cn1cc(SC2CCCCC2)c2ccccc21. The Bertz CT molecular complexity index is 509. The summed E-state index contributed by atoms with van der Waals surface area (Å²) >= 11 is 2.09. The number of aryl methyl sites for hydroxylation is 1. The molecule has 0 amide bonds. The van der Waals surface area contributed by atoms with E-state index in [9.17, 15) is 0 Å². The summed E-state index contributed by atoms with van der Waals surface area (Å²) in [6.45, 7) is 0. The molecule has 1 aromatic heterocycles. The number of thioether (sulfide) groups is 1. The summed E-state index contributed by atoms with van der Waals surface area (Å²) in [6, 6.07) is 8.73. The summed E-state index contributed by atoms with van der Waals surface area (Å²) in [6.07, 6.45) is 9.36. The van der Waals surface area contributed by atoms with Crippen molar-refractivity contribution in [1.82, 2.24) is 4.57 Å². The molecule has 0 bridgehead atoms. The lowest BCUT2D eigenvalue weighted by atomic mass is 10.0. The Morgan fingerprint density at radius 3 is 2.71 bits per heavy atom. The molecule has 0 spiro atoms. The Hall–Kier alpha value is -0.890. The summed E-state index contributed by atoms with van der Waals surface area (Å²) in [7, 11) is 2.15. The van der Waals surface area contributed by atoms with Gasteiger partial charge in [0.05, 0.1) is 0 Å². The largest absolute Gasteiger partial charge is 0.349 e. The minimum absolute atomic E-state index is 0.842. The Balaban J connectivity index is 1.89. The van der Waals surface area contributed by atoms with E-state index in [1.165, 1.54) is 47.9 Å². The molecule has 0 N–H and O–H groups in total. The van der Waals surface area contributed by atoms with Gasteiger partial charge >= 0.3 is 0 Å². The van der Waals surface area contributed by atoms with E-state index in [-0.39, 0.29) is 0 Å². The van der Waals surface area contributed by atoms with Gasteiger partial charge in [-0.3, -0.25) is 0 Å². The summed E-state index contributed by atoms with van der Waals surface area (Å²) in [4.78, 5) is 1.47. The second kappa shape index (κ2) is 4.77. The third-order valence-electron chi connectivity index (χ3n) is 3.71. The highest BCUT2D eigenvalue weighted by Crippen LogP contribution is 2.37. The Kier molecular flexibility index (Phi) is 3.15. The number of hydrogen-bond acceptors (Lipinski definition) is 1. The minimum Gasteiger partial charge on any atom is -0.349 e. The van der Waals surface area contributed by atoms with E-state index in [0.717, 1.165) is 5.25 Å². The van der Waals surface area contributed by atoms with Crippen LogP contribution in [0.1, 0.15) is 32.1 Å². The van der Waals surface area contributed by atoms with Crippen LogP contribution < -0.4 is 0 Å². The van der Waals surface area contributed by atoms with E-state index in [0.29, 0.717) is 0 Å². The zero-order valence-electron chi connectivity index (χ0n) is 10.4. The predicted octanol–water partition coefficient (Wildman–Crippen LogP) is 4.60. The molecule has 0 radical (unpaired) electrons. The first-order valence-corrected chi connectivity index (χ1v) is 7.43. The fourth-order valence-electron chi connectivity index (χ4n) is 2.76. The normalized spacial score (nSPS) is 17.7. The predicted molar refractivity (Wildman–Crippen MR) is 75.6 cm³/mol. The van der Waals surface area contributed by atoms with Gasteiger partial charge in [-0.05, 0) is 18.9 Å². The van der Waals surface area contributed by atoms with Crippen molar-refractivity contribution >= 4 is 22.7 Å². The van der Waals surface area contributed by atoms with Crippen LogP contribution in [0.4, 0.5) is 0 Å². The van der Waals surface area contributed by atoms with Crippen molar-refractivity contribution in [3.8, 4) is 0 Å². The molecule has 2 heteroatoms. The monoisotopic (exact) mass is 245 g/mol. The van der Waals surface area contributed by atoms with Gasteiger partial charge in [0.15, 0.2) is 0 Å². The number of benzene rings is 1. The van der Waals surface area contributed by atoms with Crippen LogP contribution in [0, 0.1) is 0 Å². The van der Waals surface area contributed by atoms with Crippen molar-refractivity contribution in [3.63, 3.8) is 0 Å². The van der Waals surface area contributed by atoms with Gasteiger partial charge in [-0.1, -0.05) is 37.5 Å². The molecule has 3 rings (SSSR count). The maximum Gasteiger partial charge on any atom is 0.0489 e. The fraction of sp³-hybridized carbons (Fsp3) is 0.467. The van der Waals surface area contributed by atoms with Gasteiger partial charge in [-0.15, -0.1) is 11.8 Å². The second-order valence-electron chi connectivity index (χ2n) is 5.00. The van der Waals surface area contributed by atoms with Crippen LogP contribution in [0.2, 0.25) is 0 Å². The summed E-state index contributed by atoms with van der Waals surface area (Å²) in [5.41, 5.74) is 1.35. The van der Waals surface area contributed by atoms with Gasteiger partial charge in [0.25, 0.3) is 0 Å². The first-order chi connectivity index (χ1) is 8.34. The molecule has 1 heterocycles. The highest BCUT2D eigenvalue weighted by Gasteiger charge is 2.16. The van der Waals surface area contributed by atoms with Crippen LogP contribution in [0.5, 0.6) is 0 Å². The van der Waals surface area contributed by atoms with Gasteiger partial charge in [-0.2, -0.15) is 0 Å². The van der Waals surface area contributed by atoms with E-state index in [2.05, 4.69) is 53.8 Å².